The number of carbonyl (C=O) groups excluding carboxylic acids is 2. The molecule has 2 atom stereocenters. The number of H-pyrrole nitrogens is 2. The average molecular weight is 769 g/mol. The number of hydrogen-bond donors (Lipinski definition) is 6. The Hall–Kier alpha value is -5.57. The van der Waals surface area contributed by atoms with Gasteiger partial charge in [-0.15, -0.1) is 0 Å². The molecule has 51 heavy (non-hydrogen) atoms. The number of carboxylic acids is 2. The van der Waals surface area contributed by atoms with Gasteiger partial charge in [0.05, 0.1) is 12.7 Å². The maximum absolute atomic E-state index is 12.1. The Morgan fingerprint density at radius 1 is 0.706 bits per heavy atom. The predicted molar refractivity (Wildman–Crippen MR) is 173 cm³/mol. The molecular formula is C34H30N6O9V2. The minimum absolute atomic E-state index is 0.151. The zero-order valence-electron chi connectivity index (χ0n) is 26.5. The zero-order chi connectivity index (χ0) is 36.6. The number of nitrogens with one attached hydrogen (secondary N) is 4. The van der Waals surface area contributed by atoms with Gasteiger partial charge in [0.1, 0.15) is 12.1 Å². The molecule has 0 saturated heterocycles. The molecule has 0 saturated carbocycles. The Morgan fingerprint density at radius 3 is 1.45 bits per heavy atom. The first kappa shape index (κ1) is 38.2. The molecule has 4 aromatic rings. The molecule has 0 unspecified atom stereocenters. The van der Waals surface area contributed by atoms with Gasteiger partial charge < -0.3 is 30.8 Å². The number of aromatic amines is 2. The Labute approximate surface area is 305 Å². The van der Waals surface area contributed by atoms with Crippen molar-refractivity contribution in [2.75, 3.05) is 0 Å². The molecule has 15 nitrogen and oxygen atoms in total. The molecule has 0 radical (unpaired) electrons. The van der Waals surface area contributed by atoms with Gasteiger partial charge in [0.2, 0.25) is 0 Å². The fourth-order valence-electron chi connectivity index (χ4n) is 4.90. The maximum atomic E-state index is 12.1. The number of hydrogen-bond acceptors (Lipinski definition) is 11. The fourth-order valence-corrected chi connectivity index (χ4v) is 5.12. The van der Waals surface area contributed by atoms with Gasteiger partial charge in [-0.25, -0.2) is 19.6 Å². The minimum atomic E-state index is -1.30. The molecule has 0 aliphatic heterocycles. The van der Waals surface area contributed by atoms with Gasteiger partial charge >= 0.3 is 55.0 Å². The van der Waals surface area contributed by atoms with Crippen LogP contribution in [0, 0.1) is 0 Å². The number of allylic oxidation sites excluding steroid dienone is 4. The number of aliphatic carboxylic acids is 2. The van der Waals surface area contributed by atoms with Crippen LogP contribution in [0.1, 0.15) is 33.6 Å². The molecule has 6 rings (SSSR count). The number of fused-ring (bicyclic) bond motifs is 2. The van der Waals surface area contributed by atoms with Crippen LogP contribution in [-0.4, -0.2) is 65.7 Å². The molecule has 6 N–H and O–H groups in total. The second kappa shape index (κ2) is 19.6. The fraction of sp³-hybridized carbons (Fsp3) is 0.118. The van der Waals surface area contributed by atoms with Gasteiger partial charge in [-0.3, -0.25) is 9.59 Å². The normalized spacial score (nSPS) is 15.2. The Balaban J connectivity index is 0.000000202. The summed E-state index contributed by atoms with van der Waals surface area (Å²) in [7, 11) is 0. The van der Waals surface area contributed by atoms with Gasteiger partial charge in [0, 0.05) is 60.2 Å². The molecule has 0 spiro atoms. The molecule has 2 aliphatic carbocycles. The van der Waals surface area contributed by atoms with Gasteiger partial charge in [-0.05, 0) is 34.4 Å². The third-order valence-corrected chi connectivity index (χ3v) is 8.41. The van der Waals surface area contributed by atoms with Crippen LogP contribution in [0.3, 0.4) is 0 Å². The van der Waals surface area contributed by atoms with E-state index in [9.17, 15) is 36.7 Å². The van der Waals surface area contributed by atoms with E-state index in [1.54, 1.807) is 24.5 Å². The van der Waals surface area contributed by atoms with Crippen molar-refractivity contribution in [3.8, 4) is 0 Å². The van der Waals surface area contributed by atoms with E-state index in [2.05, 4.69) is 33.2 Å². The van der Waals surface area contributed by atoms with Crippen LogP contribution in [0.2, 0.25) is 0 Å². The van der Waals surface area contributed by atoms with Gasteiger partial charge in [-0.1, -0.05) is 60.7 Å². The van der Waals surface area contributed by atoms with Gasteiger partial charge in [-0.2, -0.15) is 0 Å². The van der Waals surface area contributed by atoms with E-state index in [-0.39, 0.29) is 24.4 Å². The number of benzene rings is 2. The van der Waals surface area contributed by atoms with Crippen molar-refractivity contribution in [1.29, 1.82) is 0 Å². The molecule has 0 amide bonds. The molecule has 260 valence electrons. The van der Waals surface area contributed by atoms with Crippen LogP contribution in [0.4, 0.5) is 0 Å². The third kappa shape index (κ3) is 11.2. The summed E-state index contributed by atoms with van der Waals surface area (Å²) in [5.74, 6) is -2.30. The molecule has 2 aromatic heterocycles. The standard InChI is InChI=1S/2C17H15N3O3.3O.2V/c2*21-16-6-5-11-3-1-2-4-13(11)14(16)9-19-15(17(22)23)7-12-8-18-10-20-12;;;;;/h2*1-6,8-10,15,19H,7H2,(H,18,20)(H,22,23);;;;;/b2*14-9-;;;;;/t2*15-;;;;;/m00...../s1. The SMILES string of the molecule is O=C1C=Cc2ccccc2/C1=C/N[C@@H](Cc1cnc[nH]1)C(=O)O.O=C1C=Cc2ccccc2/C1=C/N[C@@H](Cc1cnc[nH]1)C(=O)O.[O]=[V][O][V]=[O]. The van der Waals surface area contributed by atoms with E-state index in [1.807, 2.05) is 48.5 Å². The first-order chi connectivity index (χ1) is 24.7. The van der Waals surface area contributed by atoms with Crippen LogP contribution >= 0.6 is 0 Å². The van der Waals surface area contributed by atoms with Gasteiger partial charge in [0.25, 0.3) is 0 Å². The summed E-state index contributed by atoms with van der Waals surface area (Å²) in [6, 6.07) is 13.3. The molecule has 0 fully saturated rings. The van der Waals surface area contributed by atoms with Crippen molar-refractivity contribution in [3.63, 3.8) is 0 Å². The van der Waals surface area contributed by atoms with Crippen molar-refractivity contribution in [2.45, 2.75) is 24.9 Å². The summed E-state index contributed by atoms with van der Waals surface area (Å²) < 4.78 is 22.4. The van der Waals surface area contributed by atoms with Crippen molar-refractivity contribution < 1.29 is 72.5 Å². The van der Waals surface area contributed by atoms with Crippen LogP contribution in [0.5, 0.6) is 0 Å². The van der Waals surface area contributed by atoms with Crippen molar-refractivity contribution in [3.05, 3.63) is 132 Å². The van der Waals surface area contributed by atoms with E-state index in [0.29, 0.717) is 22.5 Å². The summed E-state index contributed by atoms with van der Waals surface area (Å²) in [5.41, 5.74) is 5.77. The Bertz CT molecular complexity index is 1850. The summed E-state index contributed by atoms with van der Waals surface area (Å²) >= 11 is -2.61. The van der Waals surface area contributed by atoms with Crippen LogP contribution in [-0.2, 0) is 75.1 Å². The monoisotopic (exact) mass is 768 g/mol. The Morgan fingerprint density at radius 2 is 1.12 bits per heavy atom. The average Bonchev–Trinajstić information content (AvgIpc) is 3.85. The van der Waals surface area contributed by atoms with Gasteiger partial charge in [0.15, 0.2) is 11.6 Å². The van der Waals surface area contributed by atoms with Crippen molar-refractivity contribution >= 4 is 46.8 Å². The van der Waals surface area contributed by atoms with E-state index >= 15 is 0 Å². The van der Waals surface area contributed by atoms with E-state index in [0.717, 1.165) is 22.3 Å². The number of rotatable bonds is 12. The van der Waals surface area contributed by atoms with E-state index < -0.39 is 57.2 Å². The molecule has 0 bridgehead atoms. The first-order valence-electron chi connectivity index (χ1n) is 15.0. The second-order valence-corrected chi connectivity index (χ2v) is 12.4. The first-order valence-corrected chi connectivity index (χ1v) is 17.3. The number of aromatic nitrogens is 4. The van der Waals surface area contributed by atoms with E-state index in [1.165, 1.54) is 37.2 Å². The summed E-state index contributed by atoms with van der Waals surface area (Å²) in [6.07, 6.45) is 16.1. The summed E-state index contributed by atoms with van der Waals surface area (Å²) in [6.45, 7) is 0. The number of imidazole rings is 2. The van der Waals surface area contributed by atoms with E-state index in [4.69, 9.17) is 0 Å². The molecule has 2 aliphatic rings. The quantitative estimate of drug-likeness (QED) is 0.114. The predicted octanol–water partition coefficient (Wildman–Crippen LogP) is 2.95. The number of ketones is 2. The van der Waals surface area contributed by atoms with Crippen LogP contribution < -0.4 is 10.6 Å². The summed E-state index contributed by atoms with van der Waals surface area (Å²) in [4.78, 5) is 60.5. The molecule has 17 heteroatoms. The number of nitrogens with zero attached hydrogens (tertiary/aromatic N) is 2. The number of carboxylic acid groups (broad SMARTS) is 2. The second-order valence-electron chi connectivity index (χ2n) is 10.6. The molecule has 2 heterocycles. The topological polar surface area (TPSA) is 234 Å². The zero-order valence-corrected chi connectivity index (χ0v) is 29.3. The van der Waals surface area contributed by atoms with Crippen molar-refractivity contribution in [2.24, 2.45) is 0 Å². The molecule has 2 aromatic carbocycles. The third-order valence-electron chi connectivity index (χ3n) is 7.34. The Kier molecular flexibility index (Phi) is 14.7. The van der Waals surface area contributed by atoms with Crippen LogP contribution in [0.15, 0.2) is 98.1 Å². The molecular weight excluding hydrogens is 738 g/mol. The van der Waals surface area contributed by atoms with Crippen molar-refractivity contribution in [1.82, 2.24) is 30.6 Å². The van der Waals surface area contributed by atoms with Crippen LogP contribution in [0.25, 0.3) is 23.3 Å². The summed E-state index contributed by atoms with van der Waals surface area (Å²) in [5, 5.41) is 24.3. The number of carbonyl (C=O) groups is 4.